The molecule has 1 aromatic rings. The van der Waals surface area contributed by atoms with E-state index in [1.165, 1.54) is 7.11 Å². The van der Waals surface area contributed by atoms with Crippen LogP contribution < -0.4 is 0 Å². The summed E-state index contributed by atoms with van der Waals surface area (Å²) in [5.74, 6) is 0.290. The summed E-state index contributed by atoms with van der Waals surface area (Å²) in [6.45, 7) is 2.09. The molecule has 19 heavy (non-hydrogen) atoms. The van der Waals surface area contributed by atoms with E-state index >= 15 is 0 Å². The van der Waals surface area contributed by atoms with Crippen LogP contribution >= 0.6 is 11.6 Å². The fourth-order valence-corrected chi connectivity index (χ4v) is 2.67. The van der Waals surface area contributed by atoms with E-state index in [4.69, 9.17) is 16.3 Å². The topological polar surface area (TPSA) is 29.5 Å². The SMILES string of the molecule is COC(=O)C(C1CC1)N(C)C(C)c1cccc(Cl)c1. The predicted octanol–water partition coefficient (Wildman–Crippen LogP) is 3.28. The molecule has 104 valence electrons. The first kappa shape index (κ1) is 14.4. The highest BCUT2D eigenvalue weighted by Crippen LogP contribution is 2.38. The Morgan fingerprint density at radius 3 is 2.68 bits per heavy atom. The number of methoxy groups -OCH3 is 1. The van der Waals surface area contributed by atoms with Crippen molar-refractivity contribution < 1.29 is 9.53 Å². The molecule has 0 aromatic heterocycles. The molecular formula is C15H20ClNO2. The Labute approximate surface area is 119 Å². The molecule has 0 aliphatic heterocycles. The minimum absolute atomic E-state index is 0.128. The van der Waals surface area contributed by atoms with Crippen LogP contribution in [0.5, 0.6) is 0 Å². The van der Waals surface area contributed by atoms with Crippen LogP contribution in [0.15, 0.2) is 24.3 Å². The average Bonchev–Trinajstić information content (AvgIpc) is 3.22. The summed E-state index contributed by atoms with van der Waals surface area (Å²) in [5.41, 5.74) is 1.12. The van der Waals surface area contributed by atoms with Crippen molar-refractivity contribution in [3.63, 3.8) is 0 Å². The summed E-state index contributed by atoms with van der Waals surface area (Å²) in [6, 6.07) is 7.75. The lowest BCUT2D eigenvalue weighted by molar-refractivity contribution is -0.148. The zero-order valence-electron chi connectivity index (χ0n) is 11.6. The standard InChI is InChI=1S/C15H20ClNO2/c1-10(12-5-4-6-13(16)9-12)17(2)14(11-7-8-11)15(18)19-3/h4-6,9-11,14H,7-8H2,1-3H3. The molecule has 2 rings (SSSR count). The number of carbonyl (C=O) groups excluding carboxylic acids is 1. The minimum atomic E-state index is -0.154. The molecule has 0 amide bonds. The highest BCUT2D eigenvalue weighted by Gasteiger charge is 2.41. The molecule has 0 spiro atoms. The lowest BCUT2D eigenvalue weighted by atomic mass is 10.0. The summed E-state index contributed by atoms with van der Waals surface area (Å²) < 4.78 is 4.94. The zero-order valence-corrected chi connectivity index (χ0v) is 12.4. The van der Waals surface area contributed by atoms with E-state index in [0.717, 1.165) is 23.4 Å². The van der Waals surface area contributed by atoms with Gasteiger partial charge in [-0.15, -0.1) is 0 Å². The van der Waals surface area contributed by atoms with E-state index in [2.05, 4.69) is 11.8 Å². The molecule has 1 aliphatic carbocycles. The number of hydrogen-bond acceptors (Lipinski definition) is 3. The number of halogens is 1. The van der Waals surface area contributed by atoms with Gasteiger partial charge in [0.15, 0.2) is 0 Å². The summed E-state index contributed by atoms with van der Waals surface area (Å²) >= 11 is 6.03. The molecule has 1 aromatic carbocycles. The van der Waals surface area contributed by atoms with Crippen LogP contribution in [0.3, 0.4) is 0 Å². The van der Waals surface area contributed by atoms with Crippen molar-refractivity contribution in [1.82, 2.24) is 4.90 Å². The zero-order chi connectivity index (χ0) is 14.0. The third kappa shape index (κ3) is 3.28. The number of likely N-dealkylation sites (N-methyl/N-ethyl adjacent to an activating group) is 1. The van der Waals surface area contributed by atoms with Crippen LogP contribution in [0.25, 0.3) is 0 Å². The number of benzene rings is 1. The van der Waals surface area contributed by atoms with Crippen molar-refractivity contribution in [2.75, 3.05) is 14.2 Å². The third-order valence-electron chi connectivity index (χ3n) is 3.89. The Kier molecular flexibility index (Phi) is 4.48. The number of nitrogens with zero attached hydrogens (tertiary/aromatic N) is 1. The second-order valence-electron chi connectivity index (χ2n) is 5.20. The molecule has 4 heteroatoms. The van der Waals surface area contributed by atoms with Gasteiger partial charge in [0.25, 0.3) is 0 Å². The predicted molar refractivity (Wildman–Crippen MR) is 76.2 cm³/mol. The quantitative estimate of drug-likeness (QED) is 0.776. The largest absolute Gasteiger partial charge is 0.468 e. The molecule has 1 aliphatic rings. The molecule has 0 saturated heterocycles. The molecule has 0 radical (unpaired) electrons. The second kappa shape index (κ2) is 5.93. The molecule has 0 bridgehead atoms. The van der Waals surface area contributed by atoms with Gasteiger partial charge in [0.05, 0.1) is 7.11 Å². The molecule has 0 heterocycles. The molecule has 0 N–H and O–H groups in total. The van der Waals surface area contributed by atoms with Crippen LogP contribution in [0.1, 0.15) is 31.4 Å². The fourth-order valence-electron chi connectivity index (χ4n) is 2.47. The van der Waals surface area contributed by atoms with Gasteiger partial charge in [-0.1, -0.05) is 23.7 Å². The summed E-state index contributed by atoms with van der Waals surface area (Å²) in [4.78, 5) is 14.0. The maximum atomic E-state index is 11.9. The number of ether oxygens (including phenoxy) is 1. The summed E-state index contributed by atoms with van der Waals surface area (Å²) in [5, 5.41) is 0.721. The monoisotopic (exact) mass is 281 g/mol. The molecule has 1 saturated carbocycles. The minimum Gasteiger partial charge on any atom is -0.468 e. The first-order valence-electron chi connectivity index (χ1n) is 6.59. The van der Waals surface area contributed by atoms with E-state index in [-0.39, 0.29) is 18.1 Å². The van der Waals surface area contributed by atoms with E-state index in [9.17, 15) is 4.79 Å². The highest BCUT2D eigenvalue weighted by molar-refractivity contribution is 6.30. The van der Waals surface area contributed by atoms with Gasteiger partial charge in [0, 0.05) is 11.1 Å². The average molecular weight is 282 g/mol. The Hall–Kier alpha value is -1.06. The first-order chi connectivity index (χ1) is 9.04. The van der Waals surface area contributed by atoms with Crippen LogP contribution in [-0.4, -0.2) is 31.1 Å². The maximum Gasteiger partial charge on any atom is 0.323 e. The first-order valence-corrected chi connectivity index (χ1v) is 6.97. The van der Waals surface area contributed by atoms with Gasteiger partial charge in [-0.2, -0.15) is 0 Å². The lowest BCUT2D eigenvalue weighted by Gasteiger charge is -2.31. The van der Waals surface area contributed by atoms with Crippen LogP contribution in [0.4, 0.5) is 0 Å². The Morgan fingerprint density at radius 1 is 1.47 bits per heavy atom. The van der Waals surface area contributed by atoms with Gasteiger partial charge in [-0.3, -0.25) is 9.69 Å². The van der Waals surface area contributed by atoms with Crippen molar-refractivity contribution in [2.45, 2.75) is 31.8 Å². The van der Waals surface area contributed by atoms with Gasteiger partial charge in [-0.05, 0) is 50.4 Å². The van der Waals surface area contributed by atoms with Gasteiger partial charge in [-0.25, -0.2) is 0 Å². The Balaban J connectivity index is 2.16. The van der Waals surface area contributed by atoms with Gasteiger partial charge in [0.1, 0.15) is 6.04 Å². The summed E-state index contributed by atoms with van der Waals surface area (Å²) in [7, 11) is 3.43. The number of carbonyl (C=O) groups is 1. The van der Waals surface area contributed by atoms with Crippen molar-refractivity contribution >= 4 is 17.6 Å². The Morgan fingerprint density at radius 2 is 2.16 bits per heavy atom. The lowest BCUT2D eigenvalue weighted by Crippen LogP contribution is -2.42. The molecule has 2 unspecified atom stereocenters. The molecule has 3 nitrogen and oxygen atoms in total. The highest BCUT2D eigenvalue weighted by atomic mass is 35.5. The number of rotatable bonds is 5. The van der Waals surface area contributed by atoms with E-state index in [1.54, 1.807) is 0 Å². The number of esters is 1. The smallest absolute Gasteiger partial charge is 0.323 e. The normalized spacial score (nSPS) is 18.2. The second-order valence-corrected chi connectivity index (χ2v) is 5.64. The van der Waals surface area contributed by atoms with Crippen molar-refractivity contribution in [2.24, 2.45) is 5.92 Å². The van der Waals surface area contributed by atoms with Gasteiger partial charge >= 0.3 is 5.97 Å². The Bertz CT molecular complexity index is 459. The van der Waals surface area contributed by atoms with Crippen molar-refractivity contribution in [1.29, 1.82) is 0 Å². The molecule has 1 fully saturated rings. The molecule has 2 atom stereocenters. The van der Waals surface area contributed by atoms with E-state index in [0.29, 0.717) is 5.92 Å². The van der Waals surface area contributed by atoms with Crippen LogP contribution in [0.2, 0.25) is 5.02 Å². The van der Waals surface area contributed by atoms with Crippen LogP contribution in [0, 0.1) is 5.92 Å². The van der Waals surface area contributed by atoms with E-state index in [1.807, 2.05) is 31.3 Å². The maximum absolute atomic E-state index is 11.9. The number of hydrogen-bond donors (Lipinski definition) is 0. The van der Waals surface area contributed by atoms with Crippen molar-refractivity contribution in [3.05, 3.63) is 34.9 Å². The van der Waals surface area contributed by atoms with Crippen LogP contribution in [-0.2, 0) is 9.53 Å². The third-order valence-corrected chi connectivity index (χ3v) is 4.13. The van der Waals surface area contributed by atoms with E-state index < -0.39 is 0 Å². The molecular weight excluding hydrogens is 262 g/mol. The van der Waals surface area contributed by atoms with Gasteiger partial charge in [0.2, 0.25) is 0 Å². The fraction of sp³-hybridized carbons (Fsp3) is 0.533. The van der Waals surface area contributed by atoms with Crippen molar-refractivity contribution in [3.8, 4) is 0 Å². The summed E-state index contributed by atoms with van der Waals surface area (Å²) in [6.07, 6.45) is 2.21. The van der Waals surface area contributed by atoms with Gasteiger partial charge < -0.3 is 4.74 Å².